The van der Waals surface area contributed by atoms with Crippen molar-refractivity contribution in [2.45, 2.75) is 57.7 Å². The van der Waals surface area contributed by atoms with Gasteiger partial charge in [0.15, 0.2) is 0 Å². The summed E-state index contributed by atoms with van der Waals surface area (Å²) >= 11 is 0. The van der Waals surface area contributed by atoms with Crippen molar-refractivity contribution in [3.8, 4) is 0 Å². The number of hydrogen-bond donors (Lipinski definition) is 1. The molecule has 162 valence electrons. The first-order valence-corrected chi connectivity index (χ1v) is 11.0. The van der Waals surface area contributed by atoms with Gasteiger partial charge in [-0.2, -0.15) is 0 Å². The van der Waals surface area contributed by atoms with Gasteiger partial charge in [-0.05, 0) is 55.4 Å². The Morgan fingerprint density at radius 2 is 1.74 bits per heavy atom. The minimum absolute atomic E-state index is 0.0491. The molecule has 2 amide bonds. The van der Waals surface area contributed by atoms with Crippen LogP contribution < -0.4 is 0 Å². The molecule has 2 aromatic rings. The standard InChI is InChI=1S/C25H28N2O4/c1-2-22(27-24(30)19-12-5-6-13-20(19)25(27)31)26(16-8-15-23(28)29)21-14-7-10-17-9-3-4-11-18(17)21/h3-6,9,11-13,21-22H,2,7-8,10,14-16H2,1H3,(H,28,29). The van der Waals surface area contributed by atoms with Crippen molar-refractivity contribution in [1.82, 2.24) is 9.80 Å². The predicted molar refractivity (Wildman–Crippen MR) is 117 cm³/mol. The lowest BCUT2D eigenvalue weighted by Gasteiger charge is -2.43. The molecule has 1 aliphatic heterocycles. The van der Waals surface area contributed by atoms with E-state index in [1.165, 1.54) is 16.0 Å². The highest BCUT2D eigenvalue weighted by molar-refractivity contribution is 6.21. The summed E-state index contributed by atoms with van der Waals surface area (Å²) in [7, 11) is 0. The molecule has 2 aromatic carbocycles. The topological polar surface area (TPSA) is 77.9 Å². The number of carbonyl (C=O) groups is 3. The van der Waals surface area contributed by atoms with E-state index in [9.17, 15) is 14.4 Å². The molecule has 0 saturated carbocycles. The largest absolute Gasteiger partial charge is 0.481 e. The molecule has 2 aliphatic rings. The summed E-state index contributed by atoms with van der Waals surface area (Å²) in [5.41, 5.74) is 3.40. The van der Waals surface area contributed by atoms with E-state index in [0.29, 0.717) is 30.5 Å². The summed E-state index contributed by atoms with van der Waals surface area (Å²) in [6.45, 7) is 2.49. The third-order valence-electron chi connectivity index (χ3n) is 6.42. The van der Waals surface area contributed by atoms with Crippen LogP contribution in [0.2, 0.25) is 0 Å². The first-order valence-electron chi connectivity index (χ1n) is 11.0. The third-order valence-corrected chi connectivity index (χ3v) is 6.42. The van der Waals surface area contributed by atoms with Crippen LogP contribution in [0.15, 0.2) is 48.5 Å². The van der Waals surface area contributed by atoms with Gasteiger partial charge in [0.1, 0.15) is 0 Å². The minimum atomic E-state index is -0.835. The zero-order valence-electron chi connectivity index (χ0n) is 17.8. The maximum absolute atomic E-state index is 13.2. The van der Waals surface area contributed by atoms with Gasteiger partial charge < -0.3 is 5.11 Å². The maximum Gasteiger partial charge on any atom is 0.303 e. The van der Waals surface area contributed by atoms with Crippen LogP contribution in [-0.4, -0.2) is 45.4 Å². The fraction of sp³-hybridized carbons (Fsp3) is 0.400. The molecule has 0 aromatic heterocycles. The van der Waals surface area contributed by atoms with Gasteiger partial charge in [-0.3, -0.25) is 24.2 Å². The van der Waals surface area contributed by atoms with E-state index >= 15 is 0 Å². The molecule has 6 heteroatoms. The highest BCUT2D eigenvalue weighted by Crippen LogP contribution is 2.38. The molecule has 2 unspecified atom stereocenters. The van der Waals surface area contributed by atoms with E-state index in [4.69, 9.17) is 5.11 Å². The summed E-state index contributed by atoms with van der Waals surface area (Å²) < 4.78 is 0. The number of amides is 2. The average molecular weight is 421 g/mol. The summed E-state index contributed by atoms with van der Waals surface area (Å²) in [6.07, 6.45) is 3.64. The van der Waals surface area contributed by atoms with Crippen LogP contribution in [-0.2, 0) is 11.2 Å². The zero-order valence-corrected chi connectivity index (χ0v) is 17.8. The monoisotopic (exact) mass is 420 g/mol. The van der Waals surface area contributed by atoms with E-state index in [-0.39, 0.29) is 24.3 Å². The van der Waals surface area contributed by atoms with Crippen molar-refractivity contribution in [3.63, 3.8) is 0 Å². The number of aryl methyl sites for hydroxylation is 1. The molecule has 0 spiro atoms. The van der Waals surface area contributed by atoms with Gasteiger partial charge in [-0.15, -0.1) is 0 Å². The number of carbonyl (C=O) groups excluding carboxylic acids is 2. The quantitative estimate of drug-likeness (QED) is 0.646. The SMILES string of the molecule is CCC(N1C(=O)c2ccccc2C1=O)N(CCCC(=O)O)C1CCCc2ccccc21. The Morgan fingerprint density at radius 1 is 1.10 bits per heavy atom. The Hall–Kier alpha value is -2.99. The second-order valence-corrected chi connectivity index (χ2v) is 8.26. The lowest BCUT2D eigenvalue weighted by Crippen LogP contribution is -2.52. The molecular weight excluding hydrogens is 392 g/mol. The van der Waals surface area contributed by atoms with Gasteiger partial charge >= 0.3 is 5.97 Å². The highest BCUT2D eigenvalue weighted by atomic mass is 16.4. The molecule has 1 N–H and O–H groups in total. The van der Waals surface area contributed by atoms with Crippen LogP contribution in [0.5, 0.6) is 0 Å². The van der Waals surface area contributed by atoms with Gasteiger partial charge in [0.2, 0.25) is 0 Å². The van der Waals surface area contributed by atoms with Crippen LogP contribution in [0.4, 0.5) is 0 Å². The van der Waals surface area contributed by atoms with Crippen molar-refractivity contribution in [2.75, 3.05) is 6.54 Å². The predicted octanol–water partition coefficient (Wildman–Crippen LogP) is 4.26. The number of imide groups is 1. The zero-order chi connectivity index (χ0) is 22.0. The number of aliphatic carboxylic acids is 1. The maximum atomic E-state index is 13.2. The van der Waals surface area contributed by atoms with Crippen molar-refractivity contribution >= 4 is 17.8 Å². The van der Waals surface area contributed by atoms with E-state index in [1.54, 1.807) is 24.3 Å². The molecule has 1 heterocycles. The summed E-state index contributed by atoms with van der Waals surface area (Å²) in [5, 5.41) is 9.17. The molecule has 1 aliphatic carbocycles. The van der Waals surface area contributed by atoms with Crippen LogP contribution >= 0.6 is 0 Å². The molecule has 0 saturated heterocycles. The Morgan fingerprint density at radius 3 is 2.39 bits per heavy atom. The smallest absolute Gasteiger partial charge is 0.303 e. The third kappa shape index (κ3) is 4.00. The second-order valence-electron chi connectivity index (χ2n) is 8.26. The Labute approximate surface area is 182 Å². The van der Waals surface area contributed by atoms with Gasteiger partial charge in [0, 0.05) is 19.0 Å². The Balaban J connectivity index is 1.70. The van der Waals surface area contributed by atoms with Crippen molar-refractivity contribution in [1.29, 1.82) is 0 Å². The molecule has 6 nitrogen and oxygen atoms in total. The number of carboxylic acids is 1. The number of carboxylic acid groups (broad SMARTS) is 1. The highest BCUT2D eigenvalue weighted by Gasteiger charge is 2.43. The first kappa shape index (κ1) is 21.2. The molecule has 0 bridgehead atoms. The van der Waals surface area contributed by atoms with Crippen LogP contribution in [0, 0.1) is 0 Å². The second kappa shape index (κ2) is 9.02. The normalized spacial score (nSPS) is 18.8. The fourth-order valence-electron chi connectivity index (χ4n) is 5.04. The van der Waals surface area contributed by atoms with Crippen molar-refractivity contribution < 1.29 is 19.5 Å². The number of benzene rings is 2. The van der Waals surface area contributed by atoms with Gasteiger partial charge in [0.25, 0.3) is 11.8 Å². The molecule has 0 radical (unpaired) electrons. The lowest BCUT2D eigenvalue weighted by molar-refractivity contribution is -0.137. The molecule has 0 fully saturated rings. The van der Waals surface area contributed by atoms with E-state index in [2.05, 4.69) is 17.0 Å². The fourth-order valence-corrected chi connectivity index (χ4v) is 5.04. The minimum Gasteiger partial charge on any atom is -0.481 e. The number of rotatable bonds is 8. The van der Waals surface area contributed by atoms with Gasteiger partial charge in [-0.25, -0.2) is 0 Å². The van der Waals surface area contributed by atoms with Crippen molar-refractivity contribution in [3.05, 3.63) is 70.8 Å². The number of nitrogens with zero attached hydrogens (tertiary/aromatic N) is 2. The van der Waals surface area contributed by atoms with Crippen LogP contribution in [0.1, 0.15) is 76.9 Å². The van der Waals surface area contributed by atoms with E-state index < -0.39 is 12.1 Å². The van der Waals surface area contributed by atoms with E-state index in [1.807, 2.05) is 19.1 Å². The Kier molecular flexibility index (Phi) is 6.18. The molecule has 2 atom stereocenters. The Bertz CT molecular complexity index is 968. The summed E-state index contributed by atoms with van der Waals surface area (Å²) in [6, 6.07) is 15.3. The van der Waals surface area contributed by atoms with Gasteiger partial charge in [-0.1, -0.05) is 43.3 Å². The summed E-state index contributed by atoms with van der Waals surface area (Å²) in [4.78, 5) is 41.2. The van der Waals surface area contributed by atoms with Crippen molar-refractivity contribution in [2.24, 2.45) is 0 Å². The lowest BCUT2D eigenvalue weighted by atomic mass is 9.86. The first-order chi connectivity index (χ1) is 15.0. The molecule has 4 rings (SSSR count). The number of fused-ring (bicyclic) bond motifs is 2. The molecule has 31 heavy (non-hydrogen) atoms. The van der Waals surface area contributed by atoms with E-state index in [0.717, 1.165) is 19.3 Å². The number of hydrogen-bond acceptors (Lipinski definition) is 4. The molecular formula is C25H28N2O4. The average Bonchev–Trinajstić information content (AvgIpc) is 3.03. The van der Waals surface area contributed by atoms with Crippen LogP contribution in [0.3, 0.4) is 0 Å². The van der Waals surface area contributed by atoms with Gasteiger partial charge in [0.05, 0.1) is 17.3 Å². The van der Waals surface area contributed by atoms with Crippen LogP contribution in [0.25, 0.3) is 0 Å². The summed E-state index contributed by atoms with van der Waals surface area (Å²) in [5.74, 6) is -1.36.